The van der Waals surface area contributed by atoms with E-state index in [0.717, 1.165) is 42.1 Å². The first kappa shape index (κ1) is 13.8. The van der Waals surface area contributed by atoms with Gasteiger partial charge in [-0.3, -0.25) is 4.79 Å². The normalized spacial score (nSPS) is 17.4. The van der Waals surface area contributed by atoms with Crippen molar-refractivity contribution in [1.82, 2.24) is 15.3 Å². The van der Waals surface area contributed by atoms with E-state index in [2.05, 4.69) is 15.3 Å². The molecule has 5 nitrogen and oxygen atoms in total. The van der Waals surface area contributed by atoms with Crippen molar-refractivity contribution in [3.8, 4) is 0 Å². The minimum Gasteiger partial charge on any atom is -0.466 e. The van der Waals surface area contributed by atoms with Gasteiger partial charge in [-0.15, -0.1) is 0 Å². The maximum absolute atomic E-state index is 12.4. The Hall–Kier alpha value is -2.17. The molecule has 1 atom stereocenters. The number of nitrogens with zero attached hydrogens (tertiary/aromatic N) is 2. The molecular weight excluding hydrogens is 266 g/mol. The third-order valence-electron chi connectivity index (χ3n) is 3.89. The molecule has 2 aromatic rings. The molecule has 1 N–H and O–H groups in total. The summed E-state index contributed by atoms with van der Waals surface area (Å²) in [6.07, 6.45) is 4.74. The lowest BCUT2D eigenvalue weighted by atomic mass is 9.92. The number of aromatic nitrogens is 2. The molecule has 0 saturated carbocycles. The minimum atomic E-state index is -0.0947. The molecule has 0 aromatic carbocycles. The molecule has 5 heteroatoms. The van der Waals surface area contributed by atoms with Crippen LogP contribution in [0.5, 0.6) is 0 Å². The average Bonchev–Trinajstić information content (AvgIpc) is 2.77. The second-order valence-corrected chi connectivity index (χ2v) is 5.56. The van der Waals surface area contributed by atoms with Gasteiger partial charge in [0.15, 0.2) is 0 Å². The fourth-order valence-electron chi connectivity index (χ4n) is 2.89. The summed E-state index contributed by atoms with van der Waals surface area (Å²) < 4.78 is 5.42. The highest BCUT2D eigenvalue weighted by Gasteiger charge is 2.25. The Kier molecular flexibility index (Phi) is 3.49. The highest BCUT2D eigenvalue weighted by molar-refractivity contribution is 5.95. The van der Waals surface area contributed by atoms with Crippen LogP contribution in [0.1, 0.15) is 57.8 Å². The zero-order valence-electron chi connectivity index (χ0n) is 12.6. The van der Waals surface area contributed by atoms with Gasteiger partial charge in [-0.2, -0.15) is 0 Å². The molecule has 2 aromatic heterocycles. The highest BCUT2D eigenvalue weighted by atomic mass is 16.3. The molecule has 2 heterocycles. The predicted molar refractivity (Wildman–Crippen MR) is 78.1 cm³/mol. The molecule has 1 aliphatic rings. The molecule has 1 amide bonds. The van der Waals surface area contributed by atoms with Crippen LogP contribution >= 0.6 is 0 Å². The second-order valence-electron chi connectivity index (χ2n) is 5.56. The van der Waals surface area contributed by atoms with Gasteiger partial charge in [0.25, 0.3) is 5.91 Å². The Morgan fingerprint density at radius 2 is 2.19 bits per heavy atom. The Bertz CT molecular complexity index is 691. The Labute approximate surface area is 123 Å². The number of fused-ring (bicyclic) bond motifs is 1. The standard InChI is InChI=1S/C16H19N3O2/c1-9-7-12(10(2)21-9)16(20)19-15-6-4-5-14-13(15)8-17-11(3)18-14/h7-8,15H,4-6H2,1-3H3,(H,19,20)/t15-/m0/s1. The summed E-state index contributed by atoms with van der Waals surface area (Å²) in [6, 6.07) is 1.76. The summed E-state index contributed by atoms with van der Waals surface area (Å²) in [7, 11) is 0. The third kappa shape index (κ3) is 2.68. The summed E-state index contributed by atoms with van der Waals surface area (Å²) in [6.45, 7) is 5.54. The van der Waals surface area contributed by atoms with Crippen molar-refractivity contribution in [3.05, 3.63) is 46.4 Å². The molecule has 0 unspecified atom stereocenters. The maximum atomic E-state index is 12.4. The van der Waals surface area contributed by atoms with Crippen LogP contribution in [0.15, 0.2) is 16.7 Å². The van der Waals surface area contributed by atoms with Gasteiger partial charge >= 0.3 is 0 Å². The summed E-state index contributed by atoms with van der Waals surface area (Å²) in [5, 5.41) is 3.09. The number of hydrogen-bond donors (Lipinski definition) is 1. The Balaban J connectivity index is 1.83. The first-order valence-electron chi connectivity index (χ1n) is 7.25. The Morgan fingerprint density at radius 1 is 1.38 bits per heavy atom. The summed E-state index contributed by atoms with van der Waals surface area (Å²) in [5.41, 5.74) is 2.70. The van der Waals surface area contributed by atoms with E-state index >= 15 is 0 Å². The molecule has 0 saturated heterocycles. The van der Waals surface area contributed by atoms with Crippen molar-refractivity contribution in [1.29, 1.82) is 0 Å². The summed E-state index contributed by atoms with van der Waals surface area (Å²) in [5.74, 6) is 2.09. The van der Waals surface area contributed by atoms with E-state index in [9.17, 15) is 4.79 Å². The number of carbonyl (C=O) groups excluding carboxylic acids is 1. The van der Waals surface area contributed by atoms with Crippen LogP contribution in [0.2, 0.25) is 0 Å². The first-order valence-corrected chi connectivity index (χ1v) is 7.25. The van der Waals surface area contributed by atoms with E-state index in [-0.39, 0.29) is 11.9 Å². The fourth-order valence-corrected chi connectivity index (χ4v) is 2.89. The number of furan rings is 1. The fraction of sp³-hybridized carbons (Fsp3) is 0.438. The molecule has 0 bridgehead atoms. The van der Waals surface area contributed by atoms with Crippen LogP contribution in [0, 0.1) is 20.8 Å². The van der Waals surface area contributed by atoms with Gasteiger partial charge in [0.1, 0.15) is 17.3 Å². The van der Waals surface area contributed by atoms with E-state index in [1.165, 1.54) is 0 Å². The smallest absolute Gasteiger partial charge is 0.255 e. The SMILES string of the molecule is Cc1ncc2c(n1)CCC[C@@H]2NC(=O)c1cc(C)oc1C. The number of rotatable bonds is 2. The zero-order valence-corrected chi connectivity index (χ0v) is 12.6. The lowest BCUT2D eigenvalue weighted by Crippen LogP contribution is -2.31. The van der Waals surface area contributed by atoms with Gasteiger partial charge in [-0.1, -0.05) is 0 Å². The predicted octanol–water partition coefficient (Wildman–Crippen LogP) is 2.80. The molecule has 0 fully saturated rings. The quantitative estimate of drug-likeness (QED) is 0.921. The topological polar surface area (TPSA) is 68.0 Å². The highest BCUT2D eigenvalue weighted by Crippen LogP contribution is 2.28. The van der Waals surface area contributed by atoms with Crippen LogP contribution in [-0.4, -0.2) is 15.9 Å². The zero-order chi connectivity index (χ0) is 15.0. The van der Waals surface area contributed by atoms with Crippen molar-refractivity contribution in [2.24, 2.45) is 0 Å². The lowest BCUT2D eigenvalue weighted by molar-refractivity contribution is 0.0931. The van der Waals surface area contributed by atoms with Crippen molar-refractivity contribution in [2.75, 3.05) is 0 Å². The van der Waals surface area contributed by atoms with Crippen molar-refractivity contribution in [3.63, 3.8) is 0 Å². The van der Waals surface area contributed by atoms with Gasteiger partial charge in [0, 0.05) is 17.5 Å². The largest absolute Gasteiger partial charge is 0.466 e. The molecule has 0 aliphatic heterocycles. The molecule has 1 aliphatic carbocycles. The monoisotopic (exact) mass is 285 g/mol. The number of carbonyl (C=O) groups is 1. The van der Waals surface area contributed by atoms with E-state index in [4.69, 9.17) is 4.42 Å². The second kappa shape index (κ2) is 5.31. The summed E-state index contributed by atoms with van der Waals surface area (Å²) in [4.78, 5) is 21.2. The van der Waals surface area contributed by atoms with E-state index in [1.54, 1.807) is 6.07 Å². The number of hydrogen-bond acceptors (Lipinski definition) is 4. The lowest BCUT2D eigenvalue weighted by Gasteiger charge is -2.25. The minimum absolute atomic E-state index is 0.0172. The number of amides is 1. The third-order valence-corrected chi connectivity index (χ3v) is 3.89. The maximum Gasteiger partial charge on any atom is 0.255 e. The van der Waals surface area contributed by atoms with Crippen LogP contribution in [0.4, 0.5) is 0 Å². The average molecular weight is 285 g/mol. The van der Waals surface area contributed by atoms with Gasteiger partial charge in [0.2, 0.25) is 0 Å². The number of aryl methyl sites for hydroxylation is 4. The van der Waals surface area contributed by atoms with Gasteiger partial charge in [-0.25, -0.2) is 9.97 Å². The Morgan fingerprint density at radius 3 is 2.90 bits per heavy atom. The van der Waals surface area contributed by atoms with Crippen molar-refractivity contribution in [2.45, 2.75) is 46.1 Å². The van der Waals surface area contributed by atoms with Crippen LogP contribution < -0.4 is 5.32 Å². The molecular formula is C16H19N3O2. The van der Waals surface area contributed by atoms with E-state index < -0.39 is 0 Å². The van der Waals surface area contributed by atoms with E-state index in [0.29, 0.717) is 11.3 Å². The van der Waals surface area contributed by atoms with Crippen LogP contribution in [0.3, 0.4) is 0 Å². The van der Waals surface area contributed by atoms with Crippen molar-refractivity contribution >= 4 is 5.91 Å². The first-order chi connectivity index (χ1) is 10.0. The molecule has 0 spiro atoms. The number of nitrogens with one attached hydrogen (secondary N) is 1. The van der Waals surface area contributed by atoms with Gasteiger partial charge < -0.3 is 9.73 Å². The molecule has 3 rings (SSSR count). The van der Waals surface area contributed by atoms with Crippen molar-refractivity contribution < 1.29 is 9.21 Å². The molecule has 21 heavy (non-hydrogen) atoms. The van der Waals surface area contributed by atoms with Gasteiger partial charge in [-0.05, 0) is 46.1 Å². The van der Waals surface area contributed by atoms with Gasteiger partial charge in [0.05, 0.1) is 11.6 Å². The summed E-state index contributed by atoms with van der Waals surface area (Å²) >= 11 is 0. The van der Waals surface area contributed by atoms with Crippen LogP contribution in [-0.2, 0) is 6.42 Å². The van der Waals surface area contributed by atoms with E-state index in [1.807, 2.05) is 27.0 Å². The molecule has 0 radical (unpaired) electrons. The van der Waals surface area contributed by atoms with Crippen LogP contribution in [0.25, 0.3) is 0 Å². The molecule has 110 valence electrons.